The van der Waals surface area contributed by atoms with Crippen molar-refractivity contribution in [2.24, 2.45) is 0 Å². The molecule has 0 bridgehead atoms. The van der Waals surface area contributed by atoms with Crippen LogP contribution in [0.15, 0.2) is 30.3 Å². The molecule has 1 aliphatic heterocycles. The topological polar surface area (TPSA) is 27.3 Å². The third-order valence-electron chi connectivity index (χ3n) is 3.74. The van der Waals surface area contributed by atoms with E-state index in [9.17, 15) is 0 Å². The van der Waals surface area contributed by atoms with Crippen LogP contribution < -0.4 is 10.6 Å². The SMILES string of the molecule is CN(CCCNCC1CCCN1)Cc1ccccc1. The zero-order valence-corrected chi connectivity index (χ0v) is 12.1. The van der Waals surface area contributed by atoms with Gasteiger partial charge in [-0.25, -0.2) is 0 Å². The quantitative estimate of drug-likeness (QED) is 0.699. The van der Waals surface area contributed by atoms with Crippen LogP contribution >= 0.6 is 0 Å². The number of hydrogen-bond donors (Lipinski definition) is 2. The van der Waals surface area contributed by atoms with Gasteiger partial charge in [-0.1, -0.05) is 30.3 Å². The van der Waals surface area contributed by atoms with E-state index in [1.165, 1.54) is 31.4 Å². The Balaban J connectivity index is 1.50. The van der Waals surface area contributed by atoms with Gasteiger partial charge in [0.1, 0.15) is 0 Å². The highest BCUT2D eigenvalue weighted by atomic mass is 15.1. The molecule has 2 rings (SSSR count). The van der Waals surface area contributed by atoms with Gasteiger partial charge >= 0.3 is 0 Å². The van der Waals surface area contributed by atoms with Crippen molar-refractivity contribution >= 4 is 0 Å². The van der Waals surface area contributed by atoms with Gasteiger partial charge in [-0.15, -0.1) is 0 Å². The summed E-state index contributed by atoms with van der Waals surface area (Å²) in [6, 6.07) is 11.4. The van der Waals surface area contributed by atoms with E-state index in [2.05, 4.69) is 52.9 Å². The van der Waals surface area contributed by atoms with E-state index in [0.717, 1.165) is 26.2 Å². The lowest BCUT2D eigenvalue weighted by atomic mass is 10.2. The van der Waals surface area contributed by atoms with Crippen LogP contribution in [0.5, 0.6) is 0 Å². The van der Waals surface area contributed by atoms with Gasteiger partial charge < -0.3 is 15.5 Å². The fraction of sp³-hybridized carbons (Fsp3) is 0.625. The summed E-state index contributed by atoms with van der Waals surface area (Å²) in [5.41, 5.74) is 1.40. The monoisotopic (exact) mass is 261 g/mol. The Morgan fingerprint density at radius 1 is 1.32 bits per heavy atom. The van der Waals surface area contributed by atoms with E-state index < -0.39 is 0 Å². The zero-order chi connectivity index (χ0) is 13.3. The first-order valence-electron chi connectivity index (χ1n) is 7.51. The number of benzene rings is 1. The summed E-state index contributed by atoms with van der Waals surface area (Å²) >= 11 is 0. The highest BCUT2D eigenvalue weighted by molar-refractivity contribution is 5.14. The second-order valence-electron chi connectivity index (χ2n) is 5.57. The predicted octanol–water partition coefficient (Wildman–Crippen LogP) is 1.85. The van der Waals surface area contributed by atoms with Crippen molar-refractivity contribution in [2.75, 3.05) is 33.2 Å². The van der Waals surface area contributed by atoms with Gasteiger partial charge in [0.25, 0.3) is 0 Å². The van der Waals surface area contributed by atoms with E-state index in [4.69, 9.17) is 0 Å². The third-order valence-corrected chi connectivity index (χ3v) is 3.74. The first-order valence-corrected chi connectivity index (χ1v) is 7.51. The molecule has 1 heterocycles. The molecule has 1 saturated heterocycles. The summed E-state index contributed by atoms with van der Waals surface area (Å²) in [5, 5.41) is 7.07. The average Bonchev–Trinajstić information content (AvgIpc) is 2.92. The van der Waals surface area contributed by atoms with Crippen LogP contribution in [0, 0.1) is 0 Å². The van der Waals surface area contributed by atoms with E-state index in [0.29, 0.717) is 6.04 Å². The molecule has 1 aromatic carbocycles. The van der Waals surface area contributed by atoms with Crippen LogP contribution in [0.1, 0.15) is 24.8 Å². The van der Waals surface area contributed by atoms with Gasteiger partial charge in [0.2, 0.25) is 0 Å². The van der Waals surface area contributed by atoms with Gasteiger partial charge in [-0.2, -0.15) is 0 Å². The minimum atomic E-state index is 0.710. The maximum Gasteiger partial charge on any atom is 0.0230 e. The molecule has 3 heteroatoms. The summed E-state index contributed by atoms with van der Waals surface area (Å²) in [6.07, 6.45) is 3.89. The van der Waals surface area contributed by atoms with Crippen LogP contribution in [-0.4, -0.2) is 44.2 Å². The van der Waals surface area contributed by atoms with Crippen LogP contribution in [-0.2, 0) is 6.54 Å². The Hall–Kier alpha value is -0.900. The molecule has 1 fully saturated rings. The Morgan fingerprint density at radius 3 is 2.89 bits per heavy atom. The smallest absolute Gasteiger partial charge is 0.0230 e. The molecule has 0 amide bonds. The molecule has 19 heavy (non-hydrogen) atoms. The molecule has 1 atom stereocenters. The summed E-state index contributed by atoms with van der Waals surface area (Å²) < 4.78 is 0. The molecule has 0 aliphatic carbocycles. The van der Waals surface area contributed by atoms with Crippen LogP contribution in [0.4, 0.5) is 0 Å². The van der Waals surface area contributed by atoms with Crippen molar-refractivity contribution in [1.82, 2.24) is 15.5 Å². The summed E-state index contributed by atoms with van der Waals surface area (Å²) in [7, 11) is 2.20. The van der Waals surface area contributed by atoms with Gasteiger partial charge in [-0.05, 0) is 51.5 Å². The average molecular weight is 261 g/mol. The highest BCUT2D eigenvalue weighted by Gasteiger charge is 2.12. The molecule has 2 N–H and O–H groups in total. The Labute approximate surface area is 117 Å². The van der Waals surface area contributed by atoms with E-state index in [-0.39, 0.29) is 0 Å². The second kappa shape index (κ2) is 8.31. The first kappa shape index (κ1) is 14.5. The fourth-order valence-corrected chi connectivity index (χ4v) is 2.66. The third kappa shape index (κ3) is 5.72. The number of nitrogens with one attached hydrogen (secondary N) is 2. The molecule has 1 aliphatic rings. The molecule has 0 aromatic heterocycles. The minimum absolute atomic E-state index is 0.710. The maximum absolute atomic E-state index is 3.56. The first-order chi connectivity index (χ1) is 9.34. The number of rotatable bonds is 8. The molecule has 0 saturated carbocycles. The predicted molar refractivity (Wildman–Crippen MR) is 81.3 cm³/mol. The van der Waals surface area contributed by atoms with Crippen molar-refractivity contribution in [2.45, 2.75) is 31.8 Å². The van der Waals surface area contributed by atoms with Crippen molar-refractivity contribution < 1.29 is 0 Å². The Morgan fingerprint density at radius 2 is 2.16 bits per heavy atom. The van der Waals surface area contributed by atoms with Crippen molar-refractivity contribution in [1.29, 1.82) is 0 Å². The molecule has 3 nitrogen and oxygen atoms in total. The minimum Gasteiger partial charge on any atom is -0.315 e. The lowest BCUT2D eigenvalue weighted by Crippen LogP contribution is -2.35. The van der Waals surface area contributed by atoms with Gasteiger partial charge in [0.15, 0.2) is 0 Å². The van der Waals surface area contributed by atoms with Gasteiger partial charge in [0.05, 0.1) is 0 Å². The molecular weight excluding hydrogens is 234 g/mol. The van der Waals surface area contributed by atoms with Crippen molar-refractivity contribution in [3.05, 3.63) is 35.9 Å². The highest BCUT2D eigenvalue weighted by Crippen LogP contribution is 2.04. The van der Waals surface area contributed by atoms with E-state index in [1.54, 1.807) is 0 Å². The Bertz CT molecular complexity index is 333. The largest absolute Gasteiger partial charge is 0.315 e. The van der Waals surface area contributed by atoms with E-state index in [1.807, 2.05) is 0 Å². The number of hydrogen-bond acceptors (Lipinski definition) is 3. The number of nitrogens with zero attached hydrogens (tertiary/aromatic N) is 1. The second-order valence-corrected chi connectivity index (χ2v) is 5.57. The van der Waals surface area contributed by atoms with Gasteiger partial charge in [-0.3, -0.25) is 0 Å². The van der Waals surface area contributed by atoms with Crippen LogP contribution in [0.2, 0.25) is 0 Å². The molecule has 1 aromatic rings. The molecule has 0 spiro atoms. The Kier molecular flexibility index (Phi) is 6.34. The molecule has 106 valence electrons. The normalized spacial score (nSPS) is 19.2. The zero-order valence-electron chi connectivity index (χ0n) is 12.1. The van der Waals surface area contributed by atoms with E-state index >= 15 is 0 Å². The lowest BCUT2D eigenvalue weighted by Gasteiger charge is -2.17. The van der Waals surface area contributed by atoms with Crippen LogP contribution in [0.25, 0.3) is 0 Å². The lowest BCUT2D eigenvalue weighted by molar-refractivity contribution is 0.319. The summed E-state index contributed by atoms with van der Waals surface area (Å²) in [5.74, 6) is 0. The molecular formula is C16H27N3. The van der Waals surface area contributed by atoms with Crippen LogP contribution in [0.3, 0.4) is 0 Å². The summed E-state index contributed by atoms with van der Waals surface area (Å²) in [6.45, 7) is 5.65. The maximum atomic E-state index is 3.56. The van der Waals surface area contributed by atoms with Gasteiger partial charge in [0, 0.05) is 19.1 Å². The van der Waals surface area contributed by atoms with Crippen molar-refractivity contribution in [3.63, 3.8) is 0 Å². The fourth-order valence-electron chi connectivity index (χ4n) is 2.66. The molecule has 0 radical (unpaired) electrons. The van der Waals surface area contributed by atoms with Crippen molar-refractivity contribution in [3.8, 4) is 0 Å². The summed E-state index contributed by atoms with van der Waals surface area (Å²) in [4.78, 5) is 2.39. The molecule has 1 unspecified atom stereocenters. The standard InChI is InChI=1S/C16H27N3/c1-19(14-15-7-3-2-4-8-15)12-6-10-17-13-16-9-5-11-18-16/h2-4,7-8,16-18H,5-6,9-14H2,1H3.